The van der Waals surface area contributed by atoms with Gasteiger partial charge in [0, 0.05) is 37.8 Å². The van der Waals surface area contributed by atoms with Crippen LogP contribution in [0.2, 0.25) is 0 Å². The van der Waals surface area contributed by atoms with E-state index in [1.807, 2.05) is 17.0 Å². The lowest BCUT2D eigenvalue weighted by atomic mass is 10.1. The molecule has 3 aromatic rings. The van der Waals surface area contributed by atoms with Crippen molar-refractivity contribution in [3.8, 4) is 11.4 Å². The molecule has 3 heterocycles. The minimum atomic E-state index is -0.510. The molecule has 1 saturated heterocycles. The molecular weight excluding hydrogens is 346 g/mol. The highest BCUT2D eigenvalue weighted by atomic mass is 16.2. The van der Waals surface area contributed by atoms with Gasteiger partial charge in [-0.3, -0.25) is 19.1 Å². The summed E-state index contributed by atoms with van der Waals surface area (Å²) < 4.78 is 2.96. The fourth-order valence-electron chi connectivity index (χ4n) is 3.76. The third-order valence-electron chi connectivity index (χ3n) is 5.32. The maximum Gasteiger partial charge on any atom is 0.329 e. The summed E-state index contributed by atoms with van der Waals surface area (Å²) in [6.07, 6.45) is 2.04. The highest BCUT2D eigenvalue weighted by Crippen LogP contribution is 2.24. The van der Waals surface area contributed by atoms with E-state index in [9.17, 15) is 14.4 Å². The second-order valence-electron chi connectivity index (χ2n) is 7.06. The van der Waals surface area contributed by atoms with Crippen LogP contribution in [0.4, 0.5) is 0 Å². The lowest BCUT2D eigenvalue weighted by Gasteiger charge is -2.21. The maximum atomic E-state index is 12.8. The van der Waals surface area contributed by atoms with E-state index in [1.165, 1.54) is 4.57 Å². The number of carbonyl (C=O) groups is 1. The largest absolute Gasteiger partial charge is 0.336 e. The molecule has 8 nitrogen and oxygen atoms in total. The van der Waals surface area contributed by atoms with Crippen LogP contribution < -0.4 is 11.2 Å². The number of nitrogens with one attached hydrogen (secondary N) is 1. The summed E-state index contributed by atoms with van der Waals surface area (Å²) in [4.78, 5) is 45.6. The van der Waals surface area contributed by atoms with Crippen molar-refractivity contribution < 1.29 is 4.79 Å². The van der Waals surface area contributed by atoms with Gasteiger partial charge in [0.1, 0.15) is 5.82 Å². The molecule has 1 aromatic carbocycles. The Balaban J connectivity index is 1.83. The summed E-state index contributed by atoms with van der Waals surface area (Å²) in [5.41, 5.74) is 0.953. The van der Waals surface area contributed by atoms with Crippen LogP contribution in [0, 0.1) is 0 Å². The number of likely N-dealkylation sites (tertiary alicyclic amines) is 1. The van der Waals surface area contributed by atoms with Crippen molar-refractivity contribution >= 4 is 17.1 Å². The molecule has 27 heavy (non-hydrogen) atoms. The van der Waals surface area contributed by atoms with Crippen molar-refractivity contribution in [2.24, 2.45) is 14.1 Å². The number of H-pyrrole nitrogens is 1. The quantitative estimate of drug-likeness (QED) is 0.738. The number of nitrogens with zero attached hydrogens (tertiary/aromatic N) is 4. The molecule has 0 radical (unpaired) electrons. The van der Waals surface area contributed by atoms with E-state index in [4.69, 9.17) is 0 Å². The van der Waals surface area contributed by atoms with Crippen molar-refractivity contribution in [2.45, 2.75) is 25.8 Å². The zero-order valence-electron chi connectivity index (χ0n) is 15.5. The summed E-state index contributed by atoms with van der Waals surface area (Å²) in [7, 11) is 3.29. The van der Waals surface area contributed by atoms with Crippen LogP contribution in [0.5, 0.6) is 0 Å². The number of carbonyl (C=O) groups excluding carboxylic acids is 1. The SMILES string of the molecule is C[C@H]1CCCN1C(=O)c1cccc(-c2nc3c(c(=O)[nH]c(=O)n3C)n2C)c1. The summed E-state index contributed by atoms with van der Waals surface area (Å²) in [5.74, 6) is 0.534. The molecule has 0 aliphatic carbocycles. The van der Waals surface area contributed by atoms with Gasteiger partial charge in [-0.25, -0.2) is 9.78 Å². The Bertz CT molecular complexity index is 1170. The molecule has 1 aliphatic heterocycles. The first-order chi connectivity index (χ1) is 12.9. The van der Waals surface area contributed by atoms with Crippen molar-refractivity contribution in [1.29, 1.82) is 0 Å². The van der Waals surface area contributed by atoms with Crippen molar-refractivity contribution in [3.63, 3.8) is 0 Å². The van der Waals surface area contributed by atoms with E-state index >= 15 is 0 Å². The summed E-state index contributed by atoms with van der Waals surface area (Å²) in [6, 6.07) is 7.48. The van der Waals surface area contributed by atoms with E-state index < -0.39 is 11.2 Å². The Kier molecular flexibility index (Phi) is 3.98. The molecule has 4 rings (SSSR count). The molecule has 1 fully saturated rings. The summed E-state index contributed by atoms with van der Waals surface area (Å²) in [6.45, 7) is 2.83. The lowest BCUT2D eigenvalue weighted by Crippen LogP contribution is -2.33. The van der Waals surface area contributed by atoms with E-state index in [0.717, 1.165) is 24.9 Å². The topological polar surface area (TPSA) is 93.0 Å². The molecule has 2 aromatic heterocycles. The highest BCUT2D eigenvalue weighted by molar-refractivity contribution is 5.95. The smallest absolute Gasteiger partial charge is 0.329 e. The molecule has 140 valence electrons. The third-order valence-corrected chi connectivity index (χ3v) is 5.32. The van der Waals surface area contributed by atoms with Gasteiger partial charge in [0.2, 0.25) is 0 Å². The number of hydrogen-bond acceptors (Lipinski definition) is 4. The molecule has 0 spiro atoms. The average molecular weight is 367 g/mol. The van der Waals surface area contributed by atoms with Gasteiger partial charge in [-0.05, 0) is 31.9 Å². The van der Waals surface area contributed by atoms with Crippen LogP contribution in [-0.4, -0.2) is 42.5 Å². The van der Waals surface area contributed by atoms with Crippen LogP contribution in [0.15, 0.2) is 33.9 Å². The molecule has 1 aliphatic rings. The predicted molar refractivity (Wildman–Crippen MR) is 102 cm³/mol. The molecule has 0 unspecified atom stereocenters. The molecule has 0 bridgehead atoms. The second-order valence-corrected chi connectivity index (χ2v) is 7.06. The predicted octanol–water partition coefficient (Wildman–Crippen LogP) is 1.25. The van der Waals surface area contributed by atoms with E-state index in [2.05, 4.69) is 16.9 Å². The van der Waals surface area contributed by atoms with Gasteiger partial charge in [-0.2, -0.15) is 0 Å². The van der Waals surface area contributed by atoms with Gasteiger partial charge in [0.05, 0.1) is 0 Å². The number of amides is 1. The van der Waals surface area contributed by atoms with Gasteiger partial charge >= 0.3 is 5.69 Å². The summed E-state index contributed by atoms with van der Waals surface area (Å²) >= 11 is 0. The van der Waals surface area contributed by atoms with E-state index in [1.54, 1.807) is 30.8 Å². The first-order valence-corrected chi connectivity index (χ1v) is 8.95. The van der Waals surface area contributed by atoms with Crippen LogP contribution in [0.3, 0.4) is 0 Å². The number of rotatable bonds is 2. The Morgan fingerprint density at radius 3 is 2.70 bits per heavy atom. The number of fused-ring (bicyclic) bond motifs is 1. The maximum absolute atomic E-state index is 12.8. The van der Waals surface area contributed by atoms with E-state index in [0.29, 0.717) is 22.6 Å². The zero-order valence-corrected chi connectivity index (χ0v) is 15.5. The fourth-order valence-corrected chi connectivity index (χ4v) is 3.76. The third kappa shape index (κ3) is 2.68. The number of hydrogen-bond donors (Lipinski definition) is 1. The zero-order chi connectivity index (χ0) is 19.3. The first kappa shape index (κ1) is 17.3. The normalized spacial score (nSPS) is 17.0. The number of imidazole rings is 1. The van der Waals surface area contributed by atoms with Gasteiger partial charge < -0.3 is 9.47 Å². The summed E-state index contributed by atoms with van der Waals surface area (Å²) in [5, 5.41) is 0. The van der Waals surface area contributed by atoms with Gasteiger partial charge in [0.25, 0.3) is 11.5 Å². The minimum absolute atomic E-state index is 0.00543. The van der Waals surface area contributed by atoms with Crippen molar-refractivity contribution in [3.05, 3.63) is 50.7 Å². The van der Waals surface area contributed by atoms with Crippen LogP contribution in [0.25, 0.3) is 22.6 Å². The molecule has 0 saturated carbocycles. The van der Waals surface area contributed by atoms with Crippen LogP contribution in [0.1, 0.15) is 30.1 Å². The van der Waals surface area contributed by atoms with Crippen LogP contribution in [-0.2, 0) is 14.1 Å². The van der Waals surface area contributed by atoms with Crippen molar-refractivity contribution in [2.75, 3.05) is 6.54 Å². The molecular formula is C19H21N5O3. The fraction of sp³-hybridized carbons (Fsp3) is 0.368. The van der Waals surface area contributed by atoms with Gasteiger partial charge in [-0.15, -0.1) is 0 Å². The molecule has 1 N–H and O–H groups in total. The minimum Gasteiger partial charge on any atom is -0.336 e. The highest BCUT2D eigenvalue weighted by Gasteiger charge is 2.26. The molecule has 1 amide bonds. The second kappa shape index (κ2) is 6.22. The number of aryl methyl sites for hydroxylation is 2. The van der Waals surface area contributed by atoms with Crippen LogP contribution >= 0.6 is 0 Å². The first-order valence-electron chi connectivity index (χ1n) is 8.95. The number of benzene rings is 1. The van der Waals surface area contributed by atoms with Gasteiger partial charge in [0.15, 0.2) is 11.2 Å². The van der Waals surface area contributed by atoms with Crippen molar-refractivity contribution in [1.82, 2.24) is 24.0 Å². The number of aromatic nitrogens is 4. The Morgan fingerprint density at radius 2 is 2.00 bits per heavy atom. The monoisotopic (exact) mass is 367 g/mol. The lowest BCUT2D eigenvalue weighted by molar-refractivity contribution is 0.0747. The Hall–Kier alpha value is -3.16. The standard InChI is InChI=1S/C19H21N5O3/c1-11-6-5-9-24(11)18(26)13-8-4-7-12(10-13)15-20-16-14(22(15)2)17(25)21-19(27)23(16)3/h4,7-8,10-11H,5-6,9H2,1-3H3,(H,21,25,27)/t11-/m0/s1. The molecule has 8 heteroatoms. The van der Waals surface area contributed by atoms with E-state index in [-0.39, 0.29) is 11.9 Å². The molecule has 1 atom stereocenters. The van der Waals surface area contributed by atoms with Gasteiger partial charge in [-0.1, -0.05) is 12.1 Å². The Morgan fingerprint density at radius 1 is 1.22 bits per heavy atom. The Labute approximate surface area is 155 Å². The average Bonchev–Trinajstić information content (AvgIpc) is 3.23. The number of aromatic amines is 1.